The van der Waals surface area contributed by atoms with Gasteiger partial charge in [0.1, 0.15) is 11.7 Å². The molecule has 0 aliphatic carbocycles. The third kappa shape index (κ3) is 4.08. The molecule has 2 rings (SSSR count). The smallest absolute Gasteiger partial charge is 0.283 e. The van der Waals surface area contributed by atoms with Crippen molar-refractivity contribution in [3.8, 4) is 0 Å². The molecule has 10 heteroatoms. The van der Waals surface area contributed by atoms with Gasteiger partial charge in [0, 0.05) is 12.7 Å². The highest BCUT2D eigenvalue weighted by molar-refractivity contribution is 9.10. The average Bonchev–Trinajstić information content (AvgIpc) is 3.03. The lowest BCUT2D eigenvalue weighted by Crippen LogP contribution is -2.34. The minimum absolute atomic E-state index is 0.221. The maximum atomic E-state index is 12.9. The zero-order valence-corrected chi connectivity index (χ0v) is 14.8. The molecule has 0 saturated carbocycles. The second kappa shape index (κ2) is 7.39. The van der Waals surface area contributed by atoms with Gasteiger partial charge in [-0.15, -0.1) is 0 Å². The molecule has 2 heterocycles. The van der Waals surface area contributed by atoms with E-state index in [0.717, 1.165) is 0 Å². The molecule has 0 spiro atoms. The summed E-state index contributed by atoms with van der Waals surface area (Å²) >= 11 is 8.83. The highest BCUT2D eigenvalue weighted by Gasteiger charge is 2.25. The maximum absolute atomic E-state index is 12.9. The fraction of sp³-hybridized carbons (Fsp3) is 0.462. The SMILES string of the molecule is Cc1c(Br)c(C(F)F)nn1C(C)C(=O)NCCn1cc(Cl)cn1. The van der Waals surface area contributed by atoms with Crippen LogP contribution in [0.1, 0.15) is 30.8 Å². The third-order valence-corrected chi connectivity index (χ3v) is 4.47. The molecule has 126 valence electrons. The maximum Gasteiger partial charge on any atom is 0.283 e. The van der Waals surface area contributed by atoms with Gasteiger partial charge in [-0.1, -0.05) is 11.6 Å². The molecule has 2 aromatic rings. The number of carbonyl (C=O) groups is 1. The number of aromatic nitrogens is 4. The van der Waals surface area contributed by atoms with Gasteiger partial charge in [-0.05, 0) is 29.8 Å². The van der Waals surface area contributed by atoms with Crippen molar-refractivity contribution in [2.75, 3.05) is 6.54 Å². The summed E-state index contributed by atoms with van der Waals surface area (Å²) in [5, 5.41) is 11.0. The van der Waals surface area contributed by atoms with Crippen LogP contribution < -0.4 is 5.32 Å². The summed E-state index contributed by atoms with van der Waals surface area (Å²) in [7, 11) is 0. The molecule has 0 saturated heterocycles. The second-order valence-electron chi connectivity index (χ2n) is 4.92. The van der Waals surface area contributed by atoms with Gasteiger partial charge in [-0.2, -0.15) is 10.2 Å². The van der Waals surface area contributed by atoms with E-state index in [0.29, 0.717) is 23.8 Å². The van der Waals surface area contributed by atoms with Gasteiger partial charge < -0.3 is 5.32 Å². The molecule has 0 aromatic carbocycles. The molecule has 0 aliphatic rings. The first-order valence-electron chi connectivity index (χ1n) is 6.79. The number of carbonyl (C=O) groups excluding carboxylic acids is 1. The van der Waals surface area contributed by atoms with Crippen molar-refractivity contribution in [3.05, 3.63) is 33.3 Å². The molecule has 2 aromatic heterocycles. The third-order valence-electron chi connectivity index (χ3n) is 3.30. The first kappa shape index (κ1) is 17.9. The van der Waals surface area contributed by atoms with Gasteiger partial charge in [0.15, 0.2) is 0 Å². The molecule has 0 radical (unpaired) electrons. The van der Waals surface area contributed by atoms with E-state index in [1.54, 1.807) is 24.7 Å². The molecule has 1 unspecified atom stereocenters. The standard InChI is InChI=1S/C13H15BrClF2N5O/c1-7-10(14)11(12(16)17)20-22(7)8(2)13(23)18-3-4-21-6-9(15)5-19-21/h5-6,8,12H,3-4H2,1-2H3,(H,18,23). The molecule has 1 amide bonds. The van der Waals surface area contributed by atoms with Crippen molar-refractivity contribution < 1.29 is 13.6 Å². The summed E-state index contributed by atoms with van der Waals surface area (Å²) in [4.78, 5) is 12.2. The van der Waals surface area contributed by atoms with Crippen molar-refractivity contribution in [3.63, 3.8) is 0 Å². The van der Waals surface area contributed by atoms with Gasteiger partial charge in [0.25, 0.3) is 6.43 Å². The molecule has 1 N–H and O–H groups in total. The van der Waals surface area contributed by atoms with E-state index in [2.05, 4.69) is 31.4 Å². The van der Waals surface area contributed by atoms with Crippen molar-refractivity contribution in [2.24, 2.45) is 0 Å². The van der Waals surface area contributed by atoms with E-state index in [1.165, 1.54) is 10.9 Å². The number of alkyl halides is 2. The normalized spacial score (nSPS) is 12.7. The Bertz CT molecular complexity index is 703. The van der Waals surface area contributed by atoms with E-state index in [4.69, 9.17) is 11.6 Å². The van der Waals surface area contributed by atoms with Crippen LogP contribution in [0.4, 0.5) is 8.78 Å². The molecular formula is C13H15BrClF2N5O. The molecular weight excluding hydrogens is 396 g/mol. The van der Waals surface area contributed by atoms with E-state index in [-0.39, 0.29) is 16.1 Å². The Morgan fingerprint density at radius 2 is 2.22 bits per heavy atom. The van der Waals surface area contributed by atoms with Crippen LogP contribution in [0.25, 0.3) is 0 Å². The molecule has 23 heavy (non-hydrogen) atoms. The number of halogens is 4. The van der Waals surface area contributed by atoms with Crippen molar-refractivity contribution in [1.29, 1.82) is 0 Å². The Morgan fingerprint density at radius 3 is 2.74 bits per heavy atom. The topological polar surface area (TPSA) is 64.7 Å². The van der Waals surface area contributed by atoms with Crippen LogP contribution in [-0.4, -0.2) is 32.0 Å². The molecule has 0 aliphatic heterocycles. The molecule has 0 fully saturated rings. The fourth-order valence-corrected chi connectivity index (χ4v) is 2.64. The number of nitrogens with zero attached hydrogens (tertiary/aromatic N) is 4. The summed E-state index contributed by atoms with van der Waals surface area (Å²) in [5.41, 5.74) is 0.107. The predicted octanol–water partition coefficient (Wildman–Crippen LogP) is 3.12. The highest BCUT2D eigenvalue weighted by Crippen LogP contribution is 2.30. The van der Waals surface area contributed by atoms with Crippen LogP contribution in [0.3, 0.4) is 0 Å². The van der Waals surface area contributed by atoms with Crippen LogP contribution >= 0.6 is 27.5 Å². The van der Waals surface area contributed by atoms with Crippen molar-refractivity contribution in [2.45, 2.75) is 32.9 Å². The number of rotatable bonds is 6. The summed E-state index contributed by atoms with van der Waals surface area (Å²) in [5.74, 6) is -0.317. The largest absolute Gasteiger partial charge is 0.352 e. The number of hydrogen-bond donors (Lipinski definition) is 1. The van der Waals surface area contributed by atoms with Crippen LogP contribution in [0.2, 0.25) is 5.02 Å². The summed E-state index contributed by atoms with van der Waals surface area (Å²) in [6, 6.07) is -0.708. The van der Waals surface area contributed by atoms with E-state index in [1.807, 2.05) is 0 Å². The summed E-state index contributed by atoms with van der Waals surface area (Å²) in [6.07, 6.45) is 0.438. The minimum Gasteiger partial charge on any atom is -0.352 e. The Labute approximate surface area is 144 Å². The van der Waals surface area contributed by atoms with Crippen molar-refractivity contribution >= 4 is 33.4 Å². The number of amides is 1. The minimum atomic E-state index is -2.70. The average molecular weight is 411 g/mol. The molecule has 1 atom stereocenters. The van der Waals surface area contributed by atoms with Crippen LogP contribution in [0.5, 0.6) is 0 Å². The first-order valence-corrected chi connectivity index (χ1v) is 7.96. The van der Waals surface area contributed by atoms with E-state index < -0.39 is 12.5 Å². The van der Waals surface area contributed by atoms with Gasteiger partial charge in [0.2, 0.25) is 5.91 Å². The lowest BCUT2D eigenvalue weighted by atomic mass is 10.3. The van der Waals surface area contributed by atoms with E-state index in [9.17, 15) is 13.6 Å². The second-order valence-corrected chi connectivity index (χ2v) is 6.15. The Kier molecular flexibility index (Phi) is 5.74. The Balaban J connectivity index is 1.98. The van der Waals surface area contributed by atoms with Gasteiger partial charge in [-0.25, -0.2) is 8.78 Å². The van der Waals surface area contributed by atoms with Crippen LogP contribution in [0, 0.1) is 6.92 Å². The zero-order valence-electron chi connectivity index (χ0n) is 12.4. The van der Waals surface area contributed by atoms with Gasteiger partial charge >= 0.3 is 0 Å². The van der Waals surface area contributed by atoms with Crippen molar-refractivity contribution in [1.82, 2.24) is 24.9 Å². The number of nitrogens with one attached hydrogen (secondary N) is 1. The summed E-state index contributed by atoms with van der Waals surface area (Å²) in [6.45, 7) is 4.01. The lowest BCUT2D eigenvalue weighted by Gasteiger charge is -2.14. The highest BCUT2D eigenvalue weighted by atomic mass is 79.9. The molecule has 0 bridgehead atoms. The lowest BCUT2D eigenvalue weighted by molar-refractivity contribution is -0.124. The van der Waals surface area contributed by atoms with E-state index >= 15 is 0 Å². The predicted molar refractivity (Wildman–Crippen MR) is 84.6 cm³/mol. The van der Waals surface area contributed by atoms with Gasteiger partial charge in [0.05, 0.1) is 27.9 Å². The Hall–Kier alpha value is -1.48. The number of hydrogen-bond acceptors (Lipinski definition) is 3. The Morgan fingerprint density at radius 1 is 1.52 bits per heavy atom. The van der Waals surface area contributed by atoms with Gasteiger partial charge in [-0.3, -0.25) is 14.2 Å². The molecule has 6 nitrogen and oxygen atoms in total. The quantitative estimate of drug-likeness (QED) is 0.796. The van der Waals surface area contributed by atoms with Crippen LogP contribution in [-0.2, 0) is 11.3 Å². The monoisotopic (exact) mass is 409 g/mol. The zero-order chi connectivity index (χ0) is 17.1. The first-order chi connectivity index (χ1) is 10.8. The summed E-state index contributed by atoms with van der Waals surface area (Å²) < 4.78 is 28.8. The van der Waals surface area contributed by atoms with Crippen LogP contribution in [0.15, 0.2) is 16.9 Å². The fourth-order valence-electron chi connectivity index (χ4n) is 2.05.